The van der Waals surface area contributed by atoms with E-state index in [-0.39, 0.29) is 29.7 Å². The van der Waals surface area contributed by atoms with Crippen molar-refractivity contribution in [2.24, 2.45) is 11.8 Å². The van der Waals surface area contributed by atoms with E-state index in [9.17, 15) is 14.4 Å². The van der Waals surface area contributed by atoms with E-state index in [4.69, 9.17) is 4.74 Å². The van der Waals surface area contributed by atoms with Crippen LogP contribution < -0.4 is 5.32 Å². The lowest BCUT2D eigenvalue weighted by Gasteiger charge is -2.29. The molecule has 7 nitrogen and oxygen atoms in total. The second-order valence-corrected chi connectivity index (χ2v) is 8.65. The van der Waals surface area contributed by atoms with Gasteiger partial charge in [-0.25, -0.2) is 4.79 Å². The molecule has 0 bridgehead atoms. The fraction of sp³-hybridized carbons (Fsp3) is 0.609. The molecule has 166 valence electrons. The van der Waals surface area contributed by atoms with Crippen LogP contribution in [0.2, 0.25) is 0 Å². The van der Waals surface area contributed by atoms with Crippen molar-refractivity contribution in [2.45, 2.75) is 47.1 Å². The lowest BCUT2D eigenvalue weighted by Crippen LogP contribution is -2.52. The molecule has 0 aromatic heterocycles. The van der Waals surface area contributed by atoms with E-state index in [1.54, 1.807) is 15.9 Å². The first kappa shape index (κ1) is 23.7. The number of aryl methyl sites for hydroxylation is 1. The molecule has 1 aliphatic rings. The normalized spacial score (nSPS) is 15.7. The molecule has 0 radical (unpaired) electrons. The zero-order valence-corrected chi connectivity index (χ0v) is 18.8. The molecule has 0 saturated carbocycles. The van der Waals surface area contributed by atoms with Crippen LogP contribution in [0.15, 0.2) is 24.3 Å². The van der Waals surface area contributed by atoms with E-state index in [2.05, 4.69) is 5.32 Å². The summed E-state index contributed by atoms with van der Waals surface area (Å²) in [5.74, 6) is -0.123. The standard InChI is InChI=1S/C23H35N3O4/c1-16(2)15-30-23(29)26-12-8-11-25(13-14-26)22(28)20(17(3)4)24-21(27)19-10-7-6-9-18(19)5/h6-7,9-10,16-17,20H,8,11-15H2,1-5H3,(H,24,27). The van der Waals surface area contributed by atoms with Gasteiger partial charge in [0.15, 0.2) is 0 Å². The predicted molar refractivity (Wildman–Crippen MR) is 116 cm³/mol. The van der Waals surface area contributed by atoms with Crippen molar-refractivity contribution < 1.29 is 19.1 Å². The quantitative estimate of drug-likeness (QED) is 0.772. The topological polar surface area (TPSA) is 79.0 Å². The van der Waals surface area contributed by atoms with Gasteiger partial charge in [-0.1, -0.05) is 45.9 Å². The highest BCUT2D eigenvalue weighted by Gasteiger charge is 2.31. The molecule has 1 N–H and O–H groups in total. The predicted octanol–water partition coefficient (Wildman–Crippen LogP) is 3.08. The van der Waals surface area contributed by atoms with Gasteiger partial charge in [-0.05, 0) is 36.8 Å². The first-order chi connectivity index (χ1) is 14.2. The number of nitrogens with one attached hydrogen (secondary N) is 1. The Kier molecular flexibility index (Phi) is 8.69. The number of benzene rings is 1. The number of hydrogen-bond donors (Lipinski definition) is 1. The Bertz CT molecular complexity index is 748. The number of rotatable bonds is 6. The second-order valence-electron chi connectivity index (χ2n) is 8.65. The largest absolute Gasteiger partial charge is 0.449 e. The summed E-state index contributed by atoms with van der Waals surface area (Å²) in [6.07, 6.45) is 0.352. The summed E-state index contributed by atoms with van der Waals surface area (Å²) >= 11 is 0. The van der Waals surface area contributed by atoms with Gasteiger partial charge in [0, 0.05) is 31.7 Å². The molecule has 1 aromatic rings. The van der Waals surface area contributed by atoms with Gasteiger partial charge in [0.05, 0.1) is 6.61 Å². The van der Waals surface area contributed by atoms with Crippen molar-refractivity contribution in [2.75, 3.05) is 32.8 Å². The molecule has 0 aliphatic carbocycles. The Balaban J connectivity index is 2.01. The average molecular weight is 418 g/mol. The SMILES string of the molecule is Cc1ccccc1C(=O)NC(C(=O)N1CCCN(C(=O)OCC(C)C)CC1)C(C)C. The van der Waals surface area contributed by atoms with E-state index in [1.165, 1.54) is 0 Å². The second kappa shape index (κ2) is 11.0. The number of carbonyl (C=O) groups is 3. The minimum absolute atomic E-state index is 0.0548. The highest BCUT2D eigenvalue weighted by Crippen LogP contribution is 2.13. The molecule has 1 unspecified atom stereocenters. The summed E-state index contributed by atoms with van der Waals surface area (Å²) in [7, 11) is 0. The molecule has 1 aliphatic heterocycles. The Labute approximate surface area is 179 Å². The van der Waals surface area contributed by atoms with Crippen LogP contribution in [0.1, 0.15) is 50.0 Å². The maximum atomic E-state index is 13.2. The summed E-state index contributed by atoms with van der Waals surface area (Å²) in [6, 6.07) is 6.72. The van der Waals surface area contributed by atoms with Gasteiger partial charge in [0.1, 0.15) is 6.04 Å². The van der Waals surface area contributed by atoms with E-state index < -0.39 is 6.04 Å². The third-order valence-corrected chi connectivity index (χ3v) is 5.21. The van der Waals surface area contributed by atoms with Gasteiger partial charge < -0.3 is 19.9 Å². The van der Waals surface area contributed by atoms with Crippen LogP contribution in [-0.4, -0.2) is 66.5 Å². The van der Waals surface area contributed by atoms with E-state index in [0.29, 0.717) is 44.8 Å². The van der Waals surface area contributed by atoms with Crippen molar-refractivity contribution in [3.05, 3.63) is 35.4 Å². The van der Waals surface area contributed by atoms with E-state index >= 15 is 0 Å². The summed E-state index contributed by atoms with van der Waals surface area (Å²) in [4.78, 5) is 41.6. The monoisotopic (exact) mass is 417 g/mol. The molecule has 1 saturated heterocycles. The van der Waals surface area contributed by atoms with Crippen LogP contribution in [0.4, 0.5) is 4.79 Å². The Morgan fingerprint density at radius 3 is 2.27 bits per heavy atom. The zero-order valence-electron chi connectivity index (χ0n) is 18.8. The lowest BCUT2D eigenvalue weighted by molar-refractivity contribution is -0.134. The van der Waals surface area contributed by atoms with Gasteiger partial charge in [0.25, 0.3) is 5.91 Å². The summed E-state index contributed by atoms with van der Waals surface area (Å²) in [5.41, 5.74) is 1.45. The van der Waals surface area contributed by atoms with Crippen LogP contribution in [-0.2, 0) is 9.53 Å². The molecule has 30 heavy (non-hydrogen) atoms. The first-order valence-electron chi connectivity index (χ1n) is 10.8. The fourth-order valence-corrected chi connectivity index (χ4v) is 3.41. The minimum atomic E-state index is -0.614. The molecule has 1 aromatic carbocycles. The maximum Gasteiger partial charge on any atom is 0.409 e. The first-order valence-corrected chi connectivity index (χ1v) is 10.8. The van der Waals surface area contributed by atoms with Gasteiger partial charge in [-0.15, -0.1) is 0 Å². The van der Waals surface area contributed by atoms with Crippen molar-refractivity contribution in [3.63, 3.8) is 0 Å². The average Bonchev–Trinajstić information content (AvgIpc) is 2.96. The maximum absolute atomic E-state index is 13.2. The summed E-state index contributed by atoms with van der Waals surface area (Å²) in [5, 5.41) is 2.92. The summed E-state index contributed by atoms with van der Waals surface area (Å²) in [6.45, 7) is 12.1. The highest BCUT2D eigenvalue weighted by molar-refractivity contribution is 5.98. The van der Waals surface area contributed by atoms with Gasteiger partial charge >= 0.3 is 6.09 Å². The number of amides is 3. The highest BCUT2D eigenvalue weighted by atomic mass is 16.6. The molecule has 7 heteroatoms. The third-order valence-electron chi connectivity index (χ3n) is 5.21. The van der Waals surface area contributed by atoms with Crippen molar-refractivity contribution in [1.82, 2.24) is 15.1 Å². The molecule has 2 rings (SSSR count). The van der Waals surface area contributed by atoms with E-state index in [1.807, 2.05) is 52.8 Å². The van der Waals surface area contributed by atoms with Gasteiger partial charge in [-0.2, -0.15) is 0 Å². The summed E-state index contributed by atoms with van der Waals surface area (Å²) < 4.78 is 5.32. The number of carbonyl (C=O) groups excluding carboxylic acids is 3. The molecular weight excluding hydrogens is 382 g/mol. The van der Waals surface area contributed by atoms with Crippen molar-refractivity contribution in [3.8, 4) is 0 Å². The van der Waals surface area contributed by atoms with Crippen LogP contribution in [0.3, 0.4) is 0 Å². The molecule has 1 fully saturated rings. The Morgan fingerprint density at radius 2 is 1.63 bits per heavy atom. The third kappa shape index (κ3) is 6.47. The van der Waals surface area contributed by atoms with Gasteiger partial charge in [0.2, 0.25) is 5.91 Å². The van der Waals surface area contributed by atoms with Crippen LogP contribution in [0.25, 0.3) is 0 Å². The van der Waals surface area contributed by atoms with Crippen molar-refractivity contribution >= 4 is 17.9 Å². The zero-order chi connectivity index (χ0) is 22.3. The van der Waals surface area contributed by atoms with E-state index in [0.717, 1.165) is 5.56 Å². The molecule has 1 atom stereocenters. The van der Waals surface area contributed by atoms with Crippen LogP contribution >= 0.6 is 0 Å². The molecule has 1 heterocycles. The number of hydrogen-bond acceptors (Lipinski definition) is 4. The number of nitrogens with zero attached hydrogens (tertiary/aromatic N) is 2. The van der Waals surface area contributed by atoms with Crippen molar-refractivity contribution in [1.29, 1.82) is 0 Å². The molecular formula is C23H35N3O4. The lowest BCUT2D eigenvalue weighted by atomic mass is 10.0. The minimum Gasteiger partial charge on any atom is -0.449 e. The van der Waals surface area contributed by atoms with Crippen LogP contribution in [0.5, 0.6) is 0 Å². The number of ether oxygens (including phenoxy) is 1. The Hall–Kier alpha value is -2.57. The molecule has 3 amide bonds. The van der Waals surface area contributed by atoms with Crippen LogP contribution in [0, 0.1) is 18.8 Å². The molecule has 0 spiro atoms. The Morgan fingerprint density at radius 1 is 1.00 bits per heavy atom. The smallest absolute Gasteiger partial charge is 0.409 e. The van der Waals surface area contributed by atoms with Gasteiger partial charge in [-0.3, -0.25) is 9.59 Å². The fourth-order valence-electron chi connectivity index (χ4n) is 3.41.